The van der Waals surface area contributed by atoms with Crippen LogP contribution in [0.15, 0.2) is 34.9 Å². The maximum atomic E-state index is 12.2. The molecule has 1 unspecified atom stereocenters. The molecule has 134 valence electrons. The molecule has 1 aromatic carbocycles. The highest BCUT2D eigenvalue weighted by Gasteiger charge is 2.26. The second-order valence-electron chi connectivity index (χ2n) is 6.57. The first-order valence-electron chi connectivity index (χ1n) is 8.80. The molecule has 0 saturated carbocycles. The highest BCUT2D eigenvalue weighted by molar-refractivity contribution is 6.30. The van der Waals surface area contributed by atoms with Gasteiger partial charge in [0.2, 0.25) is 5.91 Å². The van der Waals surface area contributed by atoms with E-state index in [9.17, 15) is 4.79 Å². The number of carbonyl (C=O) groups excluding carboxylic acids is 1. The smallest absolute Gasteiger partial charge is 0.221 e. The van der Waals surface area contributed by atoms with E-state index in [0.717, 1.165) is 42.9 Å². The summed E-state index contributed by atoms with van der Waals surface area (Å²) in [5.41, 5.74) is 1.99. The molecule has 1 aromatic heterocycles. The van der Waals surface area contributed by atoms with E-state index >= 15 is 0 Å². The predicted octanol–water partition coefficient (Wildman–Crippen LogP) is 3.87. The van der Waals surface area contributed by atoms with Crippen LogP contribution in [0.2, 0.25) is 5.02 Å². The Morgan fingerprint density at radius 1 is 1.40 bits per heavy atom. The second kappa shape index (κ2) is 8.50. The van der Waals surface area contributed by atoms with Crippen LogP contribution >= 0.6 is 11.6 Å². The van der Waals surface area contributed by atoms with Gasteiger partial charge in [-0.2, -0.15) is 0 Å². The van der Waals surface area contributed by atoms with Crippen LogP contribution in [0.3, 0.4) is 0 Å². The van der Waals surface area contributed by atoms with Gasteiger partial charge < -0.3 is 9.84 Å². The van der Waals surface area contributed by atoms with Gasteiger partial charge in [-0.15, -0.1) is 0 Å². The Kier molecular flexibility index (Phi) is 6.10. The molecule has 0 spiro atoms. The van der Waals surface area contributed by atoms with E-state index < -0.39 is 0 Å². The third-order valence-electron chi connectivity index (χ3n) is 4.61. The normalized spacial score (nSPS) is 18.2. The first-order valence-corrected chi connectivity index (χ1v) is 9.18. The number of aryl methyl sites for hydroxylation is 1. The van der Waals surface area contributed by atoms with E-state index in [0.29, 0.717) is 18.0 Å². The van der Waals surface area contributed by atoms with E-state index in [-0.39, 0.29) is 11.9 Å². The van der Waals surface area contributed by atoms with Crippen molar-refractivity contribution in [2.75, 3.05) is 13.1 Å². The minimum absolute atomic E-state index is 0.0561. The van der Waals surface area contributed by atoms with Crippen LogP contribution in [0, 0.1) is 6.92 Å². The number of rotatable bonds is 6. The lowest BCUT2D eigenvalue weighted by Gasteiger charge is -2.34. The third-order valence-corrected chi connectivity index (χ3v) is 4.84. The number of aromatic nitrogens is 1. The van der Waals surface area contributed by atoms with Gasteiger partial charge in [0, 0.05) is 30.6 Å². The summed E-state index contributed by atoms with van der Waals surface area (Å²) in [6.07, 6.45) is 3.90. The first-order chi connectivity index (χ1) is 12.1. The number of halogens is 1. The highest BCUT2D eigenvalue weighted by Crippen LogP contribution is 2.30. The number of hydrogen-bond acceptors (Lipinski definition) is 4. The summed E-state index contributed by atoms with van der Waals surface area (Å²) in [5, 5.41) is 7.82. The largest absolute Gasteiger partial charge is 0.361 e. The fourth-order valence-corrected chi connectivity index (χ4v) is 3.53. The molecule has 1 atom stereocenters. The van der Waals surface area contributed by atoms with Crippen molar-refractivity contribution in [1.82, 2.24) is 15.4 Å². The van der Waals surface area contributed by atoms with E-state index in [1.54, 1.807) is 0 Å². The fourth-order valence-electron chi connectivity index (χ4n) is 3.32. The molecule has 0 aliphatic carbocycles. The van der Waals surface area contributed by atoms with Crippen LogP contribution in [0.4, 0.5) is 0 Å². The quantitative estimate of drug-likeness (QED) is 0.848. The van der Waals surface area contributed by atoms with Crippen molar-refractivity contribution in [2.24, 2.45) is 0 Å². The van der Waals surface area contributed by atoms with E-state index in [1.807, 2.05) is 37.3 Å². The van der Waals surface area contributed by atoms with E-state index in [1.165, 1.54) is 6.42 Å². The molecular weight excluding hydrogens is 338 g/mol. The average Bonchev–Trinajstić information content (AvgIpc) is 3.05. The van der Waals surface area contributed by atoms with Crippen molar-refractivity contribution in [3.05, 3.63) is 52.4 Å². The Labute approximate surface area is 153 Å². The average molecular weight is 362 g/mol. The zero-order valence-electron chi connectivity index (χ0n) is 14.5. The summed E-state index contributed by atoms with van der Waals surface area (Å²) < 4.78 is 5.22. The zero-order chi connectivity index (χ0) is 17.6. The van der Waals surface area contributed by atoms with Crippen LogP contribution < -0.4 is 5.32 Å². The van der Waals surface area contributed by atoms with E-state index in [2.05, 4.69) is 15.4 Å². The molecule has 1 aliphatic heterocycles. The van der Waals surface area contributed by atoms with Crippen molar-refractivity contribution in [3.8, 4) is 0 Å². The summed E-state index contributed by atoms with van der Waals surface area (Å²) in [6.45, 7) is 4.15. The minimum Gasteiger partial charge on any atom is -0.361 e. The molecule has 5 nitrogen and oxygen atoms in total. The molecule has 1 fully saturated rings. The summed E-state index contributed by atoms with van der Waals surface area (Å²) in [7, 11) is 0. The Balaban J connectivity index is 1.49. The standard InChI is InChI=1S/C19H24ClN3O2/c1-14-11-17(22-25-14)18-7-2-3-9-23(18)10-8-19(24)21-13-15-5-4-6-16(20)12-15/h4-6,11-12,18H,2-3,7-10,13H2,1H3,(H,21,24). The summed E-state index contributed by atoms with van der Waals surface area (Å²) in [6, 6.07) is 9.81. The van der Waals surface area contributed by atoms with Gasteiger partial charge in [0.05, 0.1) is 6.04 Å². The van der Waals surface area contributed by atoms with Crippen LogP contribution in [0.25, 0.3) is 0 Å². The number of nitrogens with zero attached hydrogens (tertiary/aromatic N) is 2. The number of benzene rings is 1. The Morgan fingerprint density at radius 2 is 2.28 bits per heavy atom. The number of amides is 1. The summed E-state index contributed by atoms with van der Waals surface area (Å²) in [4.78, 5) is 14.5. The van der Waals surface area contributed by atoms with Crippen molar-refractivity contribution in [3.63, 3.8) is 0 Å². The number of likely N-dealkylation sites (tertiary alicyclic amines) is 1. The van der Waals surface area contributed by atoms with Gasteiger partial charge in [-0.1, -0.05) is 35.3 Å². The van der Waals surface area contributed by atoms with Gasteiger partial charge in [0.15, 0.2) is 0 Å². The lowest BCUT2D eigenvalue weighted by Crippen LogP contribution is -2.36. The molecule has 6 heteroatoms. The van der Waals surface area contributed by atoms with Gasteiger partial charge in [0.1, 0.15) is 11.5 Å². The summed E-state index contributed by atoms with van der Waals surface area (Å²) in [5.74, 6) is 0.889. The van der Waals surface area contributed by atoms with Gasteiger partial charge in [0.25, 0.3) is 0 Å². The van der Waals surface area contributed by atoms with E-state index in [4.69, 9.17) is 16.1 Å². The van der Waals surface area contributed by atoms with Gasteiger partial charge in [-0.3, -0.25) is 9.69 Å². The van der Waals surface area contributed by atoms with Gasteiger partial charge >= 0.3 is 0 Å². The Morgan fingerprint density at radius 3 is 3.04 bits per heavy atom. The zero-order valence-corrected chi connectivity index (χ0v) is 15.3. The van der Waals surface area contributed by atoms with Crippen LogP contribution in [-0.2, 0) is 11.3 Å². The molecule has 1 saturated heterocycles. The van der Waals surface area contributed by atoms with Crippen molar-refractivity contribution >= 4 is 17.5 Å². The molecule has 2 heterocycles. The van der Waals surface area contributed by atoms with Crippen molar-refractivity contribution in [1.29, 1.82) is 0 Å². The van der Waals surface area contributed by atoms with Gasteiger partial charge in [-0.25, -0.2) is 0 Å². The predicted molar refractivity (Wildman–Crippen MR) is 97.3 cm³/mol. The molecule has 2 aromatic rings. The lowest BCUT2D eigenvalue weighted by atomic mass is 9.99. The molecular formula is C19H24ClN3O2. The molecule has 3 rings (SSSR count). The molecule has 1 N–H and O–H groups in total. The lowest BCUT2D eigenvalue weighted by molar-refractivity contribution is -0.121. The Bertz CT molecular complexity index is 716. The molecule has 25 heavy (non-hydrogen) atoms. The minimum atomic E-state index is 0.0561. The first kappa shape index (κ1) is 18.0. The molecule has 0 radical (unpaired) electrons. The maximum Gasteiger partial charge on any atom is 0.221 e. The molecule has 1 aliphatic rings. The SMILES string of the molecule is Cc1cc(C2CCCCN2CCC(=O)NCc2cccc(Cl)c2)no1. The van der Waals surface area contributed by atoms with Crippen molar-refractivity contribution in [2.45, 2.75) is 45.2 Å². The second-order valence-corrected chi connectivity index (χ2v) is 7.00. The van der Waals surface area contributed by atoms with Crippen LogP contribution in [-0.4, -0.2) is 29.1 Å². The van der Waals surface area contributed by atoms with Crippen molar-refractivity contribution < 1.29 is 9.32 Å². The van der Waals surface area contributed by atoms with Crippen LogP contribution in [0.5, 0.6) is 0 Å². The highest BCUT2D eigenvalue weighted by atomic mass is 35.5. The molecule has 0 bridgehead atoms. The van der Waals surface area contributed by atoms with Crippen LogP contribution in [0.1, 0.15) is 48.7 Å². The number of piperidine rings is 1. The number of carbonyl (C=O) groups is 1. The Hall–Kier alpha value is -1.85. The monoisotopic (exact) mass is 361 g/mol. The third kappa shape index (κ3) is 5.06. The molecule has 1 amide bonds. The fraction of sp³-hybridized carbons (Fsp3) is 0.474. The maximum absolute atomic E-state index is 12.2. The number of hydrogen-bond donors (Lipinski definition) is 1. The van der Waals surface area contributed by atoms with Gasteiger partial charge in [-0.05, 0) is 44.0 Å². The number of nitrogens with one attached hydrogen (secondary N) is 1. The topological polar surface area (TPSA) is 58.4 Å². The summed E-state index contributed by atoms with van der Waals surface area (Å²) >= 11 is 5.97.